The Balaban J connectivity index is 1.59. The van der Waals surface area contributed by atoms with Crippen LogP contribution in [0, 0.1) is 0 Å². The molecule has 1 fully saturated rings. The van der Waals surface area contributed by atoms with Crippen LogP contribution >= 0.6 is 0 Å². The number of benzene rings is 2. The van der Waals surface area contributed by atoms with Crippen molar-refractivity contribution in [1.29, 1.82) is 0 Å². The van der Waals surface area contributed by atoms with E-state index in [1.54, 1.807) is 36.4 Å². The fourth-order valence-corrected chi connectivity index (χ4v) is 2.96. The molecular weight excluding hydrogens is 402 g/mol. The van der Waals surface area contributed by atoms with Crippen molar-refractivity contribution in [2.45, 2.75) is 26.5 Å². The van der Waals surface area contributed by atoms with E-state index < -0.39 is 24.0 Å². The van der Waals surface area contributed by atoms with Gasteiger partial charge in [-0.2, -0.15) is 0 Å². The standard InChI is InChI=1S/C22H21N3O6/c1-13(26)17-5-3-4-6-18(17)24-20(28)14(2)31-21(29)16-9-7-15(8-10-16)12-25-19(27)11-23-22(25)30/h3-10,14H,11-12H2,1-2H3,(H,23,30)(H,24,28)/t14-/m0/s1. The summed E-state index contributed by atoms with van der Waals surface area (Å²) < 4.78 is 5.21. The predicted molar refractivity (Wildman–Crippen MR) is 110 cm³/mol. The monoisotopic (exact) mass is 423 g/mol. The largest absolute Gasteiger partial charge is 0.449 e. The van der Waals surface area contributed by atoms with Gasteiger partial charge in [-0.1, -0.05) is 24.3 Å². The predicted octanol–water partition coefficient (Wildman–Crippen LogP) is 2.12. The summed E-state index contributed by atoms with van der Waals surface area (Å²) in [5, 5.41) is 5.03. The van der Waals surface area contributed by atoms with E-state index in [1.807, 2.05) is 0 Å². The number of Topliss-reactive ketones (excluding diaryl/α,β-unsaturated/α-hetero) is 1. The zero-order chi connectivity index (χ0) is 22.5. The molecule has 1 heterocycles. The molecule has 0 unspecified atom stereocenters. The minimum absolute atomic E-state index is 0.0277. The molecule has 0 bridgehead atoms. The van der Waals surface area contributed by atoms with Gasteiger partial charge in [-0.3, -0.25) is 19.3 Å². The van der Waals surface area contributed by atoms with Gasteiger partial charge >= 0.3 is 12.0 Å². The van der Waals surface area contributed by atoms with Crippen LogP contribution in [0.1, 0.15) is 40.1 Å². The number of ether oxygens (including phenoxy) is 1. The normalized spacial score (nSPS) is 14.1. The van der Waals surface area contributed by atoms with E-state index in [-0.39, 0.29) is 30.3 Å². The van der Waals surface area contributed by atoms with E-state index in [4.69, 9.17) is 4.74 Å². The minimum Gasteiger partial charge on any atom is -0.449 e. The molecule has 9 nitrogen and oxygen atoms in total. The Morgan fingerprint density at radius 2 is 1.77 bits per heavy atom. The van der Waals surface area contributed by atoms with Crippen LogP contribution in [0.3, 0.4) is 0 Å². The maximum Gasteiger partial charge on any atom is 0.338 e. The molecule has 0 aliphatic carbocycles. The fourth-order valence-electron chi connectivity index (χ4n) is 2.96. The van der Waals surface area contributed by atoms with E-state index in [0.717, 1.165) is 4.90 Å². The molecule has 160 valence electrons. The van der Waals surface area contributed by atoms with Crippen molar-refractivity contribution in [3.8, 4) is 0 Å². The number of carbonyl (C=O) groups excluding carboxylic acids is 5. The number of imide groups is 1. The van der Waals surface area contributed by atoms with Gasteiger partial charge in [0.25, 0.3) is 5.91 Å². The molecule has 9 heteroatoms. The van der Waals surface area contributed by atoms with Crippen LogP contribution in [0.15, 0.2) is 48.5 Å². The molecular formula is C22H21N3O6. The second-order valence-corrected chi connectivity index (χ2v) is 6.97. The number of urea groups is 1. The summed E-state index contributed by atoms with van der Waals surface area (Å²) in [5.41, 5.74) is 1.57. The number of hydrogen-bond donors (Lipinski definition) is 2. The van der Waals surface area contributed by atoms with Crippen molar-refractivity contribution in [3.05, 3.63) is 65.2 Å². The van der Waals surface area contributed by atoms with Crippen LogP contribution in [0.25, 0.3) is 0 Å². The first-order chi connectivity index (χ1) is 14.8. The summed E-state index contributed by atoms with van der Waals surface area (Å²) in [6.07, 6.45) is -1.10. The van der Waals surface area contributed by atoms with E-state index >= 15 is 0 Å². The number of para-hydroxylation sites is 1. The Labute approximate surface area is 178 Å². The fraction of sp³-hybridized carbons (Fsp3) is 0.227. The Bertz CT molecular complexity index is 1030. The summed E-state index contributed by atoms with van der Waals surface area (Å²) in [4.78, 5) is 60.8. The van der Waals surface area contributed by atoms with E-state index in [9.17, 15) is 24.0 Å². The lowest BCUT2D eigenvalue weighted by atomic mass is 10.1. The number of nitrogens with one attached hydrogen (secondary N) is 2. The van der Waals surface area contributed by atoms with Gasteiger partial charge in [0.1, 0.15) is 0 Å². The number of ketones is 1. The van der Waals surface area contributed by atoms with E-state index in [1.165, 1.54) is 26.0 Å². The van der Waals surface area contributed by atoms with Crippen molar-refractivity contribution < 1.29 is 28.7 Å². The average Bonchev–Trinajstić information content (AvgIpc) is 3.06. The van der Waals surface area contributed by atoms with Gasteiger partial charge in [0, 0.05) is 5.56 Å². The summed E-state index contributed by atoms with van der Waals surface area (Å²) >= 11 is 0. The number of anilines is 1. The Kier molecular flexibility index (Phi) is 6.44. The first-order valence-electron chi connectivity index (χ1n) is 9.55. The number of rotatable bonds is 7. The highest BCUT2D eigenvalue weighted by atomic mass is 16.5. The molecule has 0 radical (unpaired) electrons. The molecule has 31 heavy (non-hydrogen) atoms. The van der Waals surface area contributed by atoms with Crippen LogP contribution in [-0.2, 0) is 20.9 Å². The van der Waals surface area contributed by atoms with Crippen molar-refractivity contribution in [2.24, 2.45) is 0 Å². The smallest absolute Gasteiger partial charge is 0.338 e. The first-order valence-corrected chi connectivity index (χ1v) is 9.55. The average molecular weight is 423 g/mol. The van der Waals surface area contributed by atoms with Crippen LogP contribution in [-0.4, -0.2) is 47.1 Å². The van der Waals surface area contributed by atoms with Gasteiger partial charge in [0.15, 0.2) is 11.9 Å². The third kappa shape index (κ3) is 5.13. The SMILES string of the molecule is CC(=O)c1ccccc1NC(=O)[C@H](C)OC(=O)c1ccc(CN2C(=O)CNC2=O)cc1. The van der Waals surface area contributed by atoms with Gasteiger partial charge in [-0.15, -0.1) is 0 Å². The lowest BCUT2D eigenvalue weighted by Crippen LogP contribution is -2.31. The van der Waals surface area contributed by atoms with Crippen molar-refractivity contribution in [2.75, 3.05) is 11.9 Å². The molecule has 2 aromatic rings. The minimum atomic E-state index is -1.10. The van der Waals surface area contributed by atoms with Crippen LogP contribution in [0.2, 0.25) is 0 Å². The molecule has 4 amide bonds. The number of carbonyl (C=O) groups is 5. The summed E-state index contributed by atoms with van der Waals surface area (Å²) in [5.74, 6) is -1.80. The Hall–Kier alpha value is -4.01. The lowest BCUT2D eigenvalue weighted by Gasteiger charge is -2.15. The third-order valence-corrected chi connectivity index (χ3v) is 4.68. The topological polar surface area (TPSA) is 122 Å². The highest BCUT2D eigenvalue weighted by Crippen LogP contribution is 2.17. The highest BCUT2D eigenvalue weighted by molar-refractivity contribution is 6.05. The van der Waals surface area contributed by atoms with Gasteiger partial charge in [-0.05, 0) is 43.7 Å². The van der Waals surface area contributed by atoms with Gasteiger partial charge in [0.05, 0.1) is 24.3 Å². The zero-order valence-corrected chi connectivity index (χ0v) is 17.0. The van der Waals surface area contributed by atoms with Crippen molar-refractivity contribution in [1.82, 2.24) is 10.2 Å². The lowest BCUT2D eigenvalue weighted by molar-refractivity contribution is -0.125. The van der Waals surface area contributed by atoms with Gasteiger partial charge in [-0.25, -0.2) is 9.59 Å². The van der Waals surface area contributed by atoms with E-state index in [2.05, 4.69) is 10.6 Å². The number of hydrogen-bond acceptors (Lipinski definition) is 6. The van der Waals surface area contributed by atoms with Crippen molar-refractivity contribution in [3.63, 3.8) is 0 Å². The molecule has 1 aliphatic heterocycles. The second-order valence-electron chi connectivity index (χ2n) is 6.97. The van der Waals surface area contributed by atoms with Crippen LogP contribution < -0.4 is 10.6 Å². The summed E-state index contributed by atoms with van der Waals surface area (Å²) in [7, 11) is 0. The zero-order valence-electron chi connectivity index (χ0n) is 17.0. The highest BCUT2D eigenvalue weighted by Gasteiger charge is 2.28. The van der Waals surface area contributed by atoms with Gasteiger partial charge in [0.2, 0.25) is 5.91 Å². The maximum atomic E-state index is 12.4. The molecule has 1 aliphatic rings. The molecule has 0 spiro atoms. The molecule has 1 saturated heterocycles. The first kappa shape index (κ1) is 21.7. The molecule has 2 aromatic carbocycles. The number of nitrogens with zero attached hydrogens (tertiary/aromatic N) is 1. The third-order valence-electron chi connectivity index (χ3n) is 4.68. The number of amides is 4. The quantitative estimate of drug-likeness (QED) is 0.400. The molecule has 0 saturated carbocycles. The summed E-state index contributed by atoms with van der Waals surface area (Å²) in [6.45, 7) is 2.88. The number of esters is 1. The van der Waals surface area contributed by atoms with Gasteiger partial charge < -0.3 is 15.4 Å². The van der Waals surface area contributed by atoms with Crippen LogP contribution in [0.5, 0.6) is 0 Å². The summed E-state index contributed by atoms with van der Waals surface area (Å²) in [6, 6.07) is 12.3. The second kappa shape index (κ2) is 9.21. The Morgan fingerprint density at radius 3 is 2.39 bits per heavy atom. The molecule has 3 rings (SSSR count). The van der Waals surface area contributed by atoms with E-state index in [0.29, 0.717) is 16.8 Å². The molecule has 2 N–H and O–H groups in total. The molecule has 0 aromatic heterocycles. The Morgan fingerprint density at radius 1 is 1.10 bits per heavy atom. The van der Waals surface area contributed by atoms with Crippen molar-refractivity contribution >= 4 is 35.3 Å². The maximum absolute atomic E-state index is 12.4. The molecule has 1 atom stereocenters. The van der Waals surface area contributed by atoms with Crippen LogP contribution in [0.4, 0.5) is 10.5 Å².